The number of thioether (sulfide) groups is 1. The molecule has 1 saturated heterocycles. The Hall–Kier alpha value is -0.670. The predicted molar refractivity (Wildman–Crippen MR) is 112 cm³/mol. The van der Waals surface area contributed by atoms with Crippen molar-refractivity contribution in [3.8, 4) is 11.5 Å². The first-order chi connectivity index (χ1) is 11.4. The summed E-state index contributed by atoms with van der Waals surface area (Å²) in [5, 5.41) is 2.61. The third-order valence-electron chi connectivity index (χ3n) is 3.01. The lowest BCUT2D eigenvalue weighted by Gasteiger charge is -2.11. The Labute approximate surface area is 173 Å². The van der Waals surface area contributed by atoms with Crippen LogP contribution in [0.4, 0.5) is 0 Å². The standard InChI is InChI=1S/C16H8Br3NO2S2/c17-9-1-3-12(22-13-4-2-10(18)7-11(13)19)8(5-9)6-14-15(21)20-16(23)24-14/h1-7H,(H,20,21,23)/b14-6+. The Morgan fingerprint density at radius 2 is 1.71 bits per heavy atom. The molecule has 2 aromatic rings. The molecule has 0 aliphatic carbocycles. The van der Waals surface area contributed by atoms with Gasteiger partial charge in [0.15, 0.2) is 0 Å². The molecule has 3 rings (SSSR count). The van der Waals surface area contributed by atoms with Crippen LogP contribution in [0.3, 0.4) is 0 Å². The largest absolute Gasteiger partial charge is 0.456 e. The number of carbonyl (C=O) groups is 1. The molecular weight excluding hydrogens is 542 g/mol. The van der Waals surface area contributed by atoms with Crippen LogP contribution in [-0.4, -0.2) is 10.2 Å². The maximum atomic E-state index is 11.9. The molecule has 0 bridgehead atoms. The van der Waals surface area contributed by atoms with Gasteiger partial charge in [0.1, 0.15) is 15.8 Å². The van der Waals surface area contributed by atoms with Crippen molar-refractivity contribution in [3.63, 3.8) is 0 Å². The molecule has 0 atom stereocenters. The molecule has 8 heteroatoms. The highest BCUT2D eigenvalue weighted by molar-refractivity contribution is 9.11. The van der Waals surface area contributed by atoms with Crippen molar-refractivity contribution in [2.75, 3.05) is 0 Å². The molecule has 3 nitrogen and oxygen atoms in total. The van der Waals surface area contributed by atoms with E-state index < -0.39 is 0 Å². The van der Waals surface area contributed by atoms with Crippen molar-refractivity contribution >= 4 is 88.1 Å². The summed E-state index contributed by atoms with van der Waals surface area (Å²) in [6.07, 6.45) is 1.77. The molecule has 0 radical (unpaired) electrons. The van der Waals surface area contributed by atoms with E-state index in [0.717, 1.165) is 19.0 Å². The zero-order valence-electron chi connectivity index (χ0n) is 11.8. The molecule has 2 aromatic carbocycles. The summed E-state index contributed by atoms with van der Waals surface area (Å²) in [7, 11) is 0. The van der Waals surface area contributed by atoms with E-state index in [-0.39, 0.29) is 5.91 Å². The van der Waals surface area contributed by atoms with Gasteiger partial charge in [0.05, 0.1) is 9.38 Å². The van der Waals surface area contributed by atoms with Gasteiger partial charge in [-0.1, -0.05) is 55.8 Å². The zero-order valence-corrected chi connectivity index (χ0v) is 18.2. The molecule has 1 aliphatic rings. The molecular formula is C16H8Br3NO2S2. The van der Waals surface area contributed by atoms with Gasteiger partial charge in [-0.3, -0.25) is 4.79 Å². The van der Waals surface area contributed by atoms with Gasteiger partial charge in [-0.25, -0.2) is 0 Å². The van der Waals surface area contributed by atoms with E-state index in [9.17, 15) is 4.79 Å². The van der Waals surface area contributed by atoms with Crippen LogP contribution in [0, 0.1) is 0 Å². The molecule has 1 N–H and O–H groups in total. The average Bonchev–Trinajstić information content (AvgIpc) is 2.82. The van der Waals surface area contributed by atoms with E-state index in [2.05, 4.69) is 53.1 Å². The summed E-state index contributed by atoms with van der Waals surface area (Å²) >= 11 is 16.6. The monoisotopic (exact) mass is 547 g/mol. The summed E-state index contributed by atoms with van der Waals surface area (Å²) in [6, 6.07) is 11.3. The highest BCUT2D eigenvalue weighted by atomic mass is 79.9. The van der Waals surface area contributed by atoms with Gasteiger partial charge in [-0.15, -0.1) is 0 Å². The van der Waals surface area contributed by atoms with Crippen LogP contribution < -0.4 is 10.1 Å². The maximum absolute atomic E-state index is 11.9. The molecule has 1 amide bonds. The van der Waals surface area contributed by atoms with Crippen molar-refractivity contribution in [2.45, 2.75) is 0 Å². The van der Waals surface area contributed by atoms with E-state index >= 15 is 0 Å². The zero-order chi connectivity index (χ0) is 17.3. The molecule has 0 saturated carbocycles. The lowest BCUT2D eigenvalue weighted by molar-refractivity contribution is -0.115. The Balaban J connectivity index is 1.98. The van der Waals surface area contributed by atoms with E-state index in [0.29, 0.717) is 20.7 Å². The fraction of sp³-hybridized carbons (Fsp3) is 0. The van der Waals surface area contributed by atoms with Gasteiger partial charge < -0.3 is 10.1 Å². The van der Waals surface area contributed by atoms with E-state index in [4.69, 9.17) is 17.0 Å². The summed E-state index contributed by atoms with van der Waals surface area (Å²) in [4.78, 5) is 12.4. The van der Waals surface area contributed by atoms with Crippen LogP contribution >= 0.6 is 71.8 Å². The minimum absolute atomic E-state index is 0.194. The number of hydrogen-bond donors (Lipinski definition) is 1. The van der Waals surface area contributed by atoms with Gasteiger partial charge in [0.2, 0.25) is 0 Å². The van der Waals surface area contributed by atoms with Crippen molar-refractivity contribution in [2.24, 2.45) is 0 Å². The second-order valence-corrected chi connectivity index (χ2v) is 9.12. The number of thiocarbonyl (C=S) groups is 1. The third-order valence-corrected chi connectivity index (χ3v) is 5.78. The van der Waals surface area contributed by atoms with Crippen molar-refractivity contribution in [1.29, 1.82) is 0 Å². The molecule has 1 fully saturated rings. The van der Waals surface area contributed by atoms with Crippen LogP contribution in [0.5, 0.6) is 11.5 Å². The third kappa shape index (κ3) is 4.29. The van der Waals surface area contributed by atoms with Crippen LogP contribution in [0.2, 0.25) is 0 Å². The first-order valence-corrected chi connectivity index (χ1v) is 10.2. The van der Waals surface area contributed by atoms with Crippen molar-refractivity contribution < 1.29 is 9.53 Å². The van der Waals surface area contributed by atoms with E-state index in [1.807, 2.05) is 36.4 Å². The van der Waals surface area contributed by atoms with Gasteiger partial charge >= 0.3 is 0 Å². The number of amides is 1. The molecule has 1 heterocycles. The fourth-order valence-electron chi connectivity index (χ4n) is 1.96. The number of ether oxygens (including phenoxy) is 1. The normalized spacial score (nSPS) is 15.7. The number of rotatable bonds is 3. The Morgan fingerprint density at radius 1 is 1.04 bits per heavy atom. The number of carbonyl (C=O) groups excluding carboxylic acids is 1. The molecule has 0 unspecified atom stereocenters. The van der Waals surface area contributed by atoms with Gasteiger partial charge in [-0.2, -0.15) is 0 Å². The highest BCUT2D eigenvalue weighted by Crippen LogP contribution is 2.36. The minimum atomic E-state index is -0.194. The second kappa shape index (κ2) is 7.70. The number of benzene rings is 2. The minimum Gasteiger partial charge on any atom is -0.456 e. The molecule has 122 valence electrons. The lowest BCUT2D eigenvalue weighted by atomic mass is 10.2. The molecule has 0 aromatic heterocycles. The quantitative estimate of drug-likeness (QED) is 0.362. The van der Waals surface area contributed by atoms with Crippen LogP contribution in [0.1, 0.15) is 5.56 Å². The Bertz CT molecular complexity index is 884. The van der Waals surface area contributed by atoms with Crippen LogP contribution in [0.25, 0.3) is 6.08 Å². The lowest BCUT2D eigenvalue weighted by Crippen LogP contribution is -2.17. The fourth-order valence-corrected chi connectivity index (χ4v) is 4.51. The summed E-state index contributed by atoms with van der Waals surface area (Å²) in [6.45, 7) is 0. The van der Waals surface area contributed by atoms with Gasteiger partial charge in [0, 0.05) is 14.5 Å². The topological polar surface area (TPSA) is 38.3 Å². The first-order valence-electron chi connectivity index (χ1n) is 6.60. The Morgan fingerprint density at radius 3 is 2.33 bits per heavy atom. The summed E-state index contributed by atoms with van der Waals surface area (Å²) in [5.41, 5.74) is 0.779. The van der Waals surface area contributed by atoms with Gasteiger partial charge in [0.25, 0.3) is 5.91 Å². The Kier molecular flexibility index (Phi) is 5.82. The number of hydrogen-bond acceptors (Lipinski definition) is 4. The molecule has 1 aliphatic heterocycles. The van der Waals surface area contributed by atoms with Crippen LogP contribution in [-0.2, 0) is 4.79 Å². The SMILES string of the molecule is O=C1NC(=S)S/C1=C/c1cc(Br)ccc1Oc1ccc(Br)cc1Br. The molecule has 0 spiro atoms. The molecule has 24 heavy (non-hydrogen) atoms. The first kappa shape index (κ1) is 18.1. The maximum Gasteiger partial charge on any atom is 0.263 e. The van der Waals surface area contributed by atoms with Gasteiger partial charge in [-0.05, 0) is 58.4 Å². The van der Waals surface area contributed by atoms with E-state index in [1.165, 1.54) is 11.8 Å². The highest BCUT2D eigenvalue weighted by Gasteiger charge is 2.22. The smallest absolute Gasteiger partial charge is 0.263 e. The summed E-state index contributed by atoms with van der Waals surface area (Å²) in [5.74, 6) is 1.12. The predicted octanol–water partition coefficient (Wildman–Crippen LogP) is 6.26. The number of halogens is 3. The van der Waals surface area contributed by atoms with Crippen molar-refractivity contribution in [1.82, 2.24) is 5.32 Å². The van der Waals surface area contributed by atoms with Crippen LogP contribution in [0.15, 0.2) is 54.7 Å². The second-order valence-electron chi connectivity index (χ2n) is 4.71. The average molecular weight is 550 g/mol. The van der Waals surface area contributed by atoms with Crippen molar-refractivity contribution in [3.05, 3.63) is 60.3 Å². The summed E-state index contributed by atoms with van der Waals surface area (Å²) < 4.78 is 9.14. The van der Waals surface area contributed by atoms with E-state index in [1.54, 1.807) is 6.08 Å². The number of nitrogens with one attached hydrogen (secondary N) is 1.